The van der Waals surface area contributed by atoms with Crippen LogP contribution in [0.25, 0.3) is 0 Å². The van der Waals surface area contributed by atoms with Crippen molar-refractivity contribution in [2.75, 3.05) is 13.2 Å². The number of allylic oxidation sites excluding steroid dienone is 2. The Morgan fingerprint density at radius 1 is 1.40 bits per heavy atom. The summed E-state index contributed by atoms with van der Waals surface area (Å²) in [6, 6.07) is 0. The molecule has 3 atom stereocenters. The van der Waals surface area contributed by atoms with Gasteiger partial charge >= 0.3 is 0 Å². The average molecular weight is 353 g/mol. The highest BCUT2D eigenvalue weighted by atomic mass is 16.5. The maximum Gasteiger partial charge on any atom is 0.158 e. The molecule has 1 aliphatic heterocycles. The second-order valence-corrected chi connectivity index (χ2v) is 7.94. The lowest BCUT2D eigenvalue weighted by Crippen LogP contribution is -2.41. The molecule has 2 N–H and O–H groups in total. The van der Waals surface area contributed by atoms with Gasteiger partial charge in [0.1, 0.15) is 0 Å². The summed E-state index contributed by atoms with van der Waals surface area (Å²) in [5.74, 6) is 0.572. The molecule has 3 unspecified atom stereocenters. The first-order valence-electron chi connectivity index (χ1n) is 9.52. The molecular weight excluding hydrogens is 316 g/mol. The Hall–Kier alpha value is -0.970. The zero-order chi connectivity index (χ0) is 19.0. The highest BCUT2D eigenvalue weighted by Gasteiger charge is 2.36. The lowest BCUT2D eigenvalue weighted by molar-refractivity contribution is -0.118. The normalized spacial score (nSPS) is 28.2. The molecule has 1 saturated heterocycles. The minimum Gasteiger partial charge on any atom is -0.392 e. The highest BCUT2D eigenvalue weighted by molar-refractivity contribution is 5.92. The molecule has 0 spiro atoms. The van der Waals surface area contributed by atoms with Crippen LogP contribution in [0.4, 0.5) is 0 Å². The summed E-state index contributed by atoms with van der Waals surface area (Å²) in [6.45, 7) is 10.6. The average Bonchev–Trinajstić information content (AvgIpc) is 2.69. The summed E-state index contributed by atoms with van der Waals surface area (Å²) in [5.41, 5.74) is 1.58. The van der Waals surface area contributed by atoms with Crippen LogP contribution in [-0.4, -0.2) is 40.9 Å². The van der Waals surface area contributed by atoms with Crippen molar-refractivity contribution in [1.82, 2.24) is 0 Å². The lowest BCUT2D eigenvalue weighted by Gasteiger charge is -2.33. The first-order valence-corrected chi connectivity index (χ1v) is 9.52. The SMILES string of the molecule is C/C(=C\C(=O)C(C)CCCC1(C)OC/C(=C/CO)CCC1O)C(C)C. The fraction of sp³-hybridized carbons (Fsp3) is 0.762. The molecule has 0 saturated carbocycles. The predicted octanol–water partition coefficient (Wildman–Crippen LogP) is 3.81. The van der Waals surface area contributed by atoms with Crippen LogP contribution < -0.4 is 0 Å². The van der Waals surface area contributed by atoms with Gasteiger partial charge in [-0.15, -0.1) is 0 Å². The Balaban J connectivity index is 2.54. The maximum atomic E-state index is 12.3. The monoisotopic (exact) mass is 352 g/mol. The van der Waals surface area contributed by atoms with E-state index >= 15 is 0 Å². The minimum atomic E-state index is -0.586. The van der Waals surface area contributed by atoms with Gasteiger partial charge in [0, 0.05) is 5.92 Å². The number of aliphatic hydroxyl groups excluding tert-OH is 2. The van der Waals surface area contributed by atoms with E-state index in [-0.39, 0.29) is 18.3 Å². The minimum absolute atomic E-state index is 0.00837. The van der Waals surface area contributed by atoms with Crippen LogP contribution in [0, 0.1) is 11.8 Å². The zero-order valence-corrected chi connectivity index (χ0v) is 16.5. The molecule has 144 valence electrons. The van der Waals surface area contributed by atoms with Crippen LogP contribution in [0.5, 0.6) is 0 Å². The van der Waals surface area contributed by atoms with E-state index in [9.17, 15) is 9.90 Å². The van der Waals surface area contributed by atoms with Crippen LogP contribution in [0.15, 0.2) is 23.3 Å². The standard InChI is InChI=1S/C21H36O4/c1-15(2)17(4)13-19(23)16(3)7-6-11-21(5)20(24)9-8-18(10-12-22)14-25-21/h10,13,15-16,20,22,24H,6-9,11-12,14H2,1-5H3/b17-13+,18-10+. The molecule has 1 fully saturated rings. The van der Waals surface area contributed by atoms with Gasteiger partial charge in [-0.3, -0.25) is 4.79 Å². The Morgan fingerprint density at radius 2 is 2.08 bits per heavy atom. The van der Waals surface area contributed by atoms with Crippen molar-refractivity contribution in [3.8, 4) is 0 Å². The van der Waals surface area contributed by atoms with Gasteiger partial charge in [-0.25, -0.2) is 0 Å². The van der Waals surface area contributed by atoms with Crippen molar-refractivity contribution >= 4 is 5.78 Å². The summed E-state index contributed by atoms with van der Waals surface area (Å²) < 4.78 is 5.98. The fourth-order valence-corrected chi connectivity index (χ4v) is 3.02. The first-order chi connectivity index (χ1) is 11.7. The summed E-state index contributed by atoms with van der Waals surface area (Å²) in [7, 11) is 0. The molecule has 1 heterocycles. The first kappa shape index (κ1) is 22.1. The third kappa shape index (κ3) is 7.04. The van der Waals surface area contributed by atoms with Crippen LogP contribution in [0.1, 0.15) is 66.7 Å². The molecule has 0 aliphatic carbocycles. The number of carbonyl (C=O) groups is 1. The number of carbonyl (C=O) groups excluding carboxylic acids is 1. The van der Waals surface area contributed by atoms with E-state index in [1.165, 1.54) is 0 Å². The largest absolute Gasteiger partial charge is 0.392 e. The van der Waals surface area contributed by atoms with Crippen LogP contribution in [0.2, 0.25) is 0 Å². The smallest absolute Gasteiger partial charge is 0.158 e. The number of hydrogen-bond donors (Lipinski definition) is 2. The molecule has 0 aromatic rings. The van der Waals surface area contributed by atoms with E-state index in [1.807, 2.05) is 20.8 Å². The molecule has 0 aromatic heterocycles. The van der Waals surface area contributed by atoms with Crippen LogP contribution >= 0.6 is 0 Å². The predicted molar refractivity (Wildman–Crippen MR) is 101 cm³/mol. The summed E-state index contributed by atoms with van der Waals surface area (Å²) in [5, 5.41) is 19.5. The molecule has 0 bridgehead atoms. The van der Waals surface area contributed by atoms with Crippen molar-refractivity contribution in [1.29, 1.82) is 0 Å². The van der Waals surface area contributed by atoms with Crippen molar-refractivity contribution < 1.29 is 19.7 Å². The molecule has 0 radical (unpaired) electrons. The molecule has 0 amide bonds. The molecular formula is C21H36O4. The lowest BCUT2D eigenvalue weighted by atomic mass is 9.87. The van der Waals surface area contributed by atoms with E-state index < -0.39 is 11.7 Å². The van der Waals surface area contributed by atoms with E-state index in [2.05, 4.69) is 13.8 Å². The molecule has 25 heavy (non-hydrogen) atoms. The second kappa shape index (κ2) is 10.2. The number of hydrogen-bond acceptors (Lipinski definition) is 4. The van der Waals surface area contributed by atoms with Crippen molar-refractivity contribution in [2.45, 2.75) is 78.4 Å². The van der Waals surface area contributed by atoms with Gasteiger partial charge in [-0.1, -0.05) is 32.4 Å². The second-order valence-electron chi connectivity index (χ2n) is 7.94. The van der Waals surface area contributed by atoms with Crippen LogP contribution in [0.3, 0.4) is 0 Å². The third-order valence-electron chi connectivity index (χ3n) is 5.49. The molecule has 4 heteroatoms. The van der Waals surface area contributed by atoms with E-state index in [4.69, 9.17) is 9.84 Å². The maximum absolute atomic E-state index is 12.3. The van der Waals surface area contributed by atoms with Crippen molar-refractivity contribution in [3.05, 3.63) is 23.3 Å². The van der Waals surface area contributed by atoms with Gasteiger partial charge in [0.15, 0.2) is 5.78 Å². The Labute approximate surface area is 153 Å². The van der Waals surface area contributed by atoms with Gasteiger partial charge < -0.3 is 14.9 Å². The zero-order valence-electron chi connectivity index (χ0n) is 16.5. The number of ketones is 1. The summed E-state index contributed by atoms with van der Waals surface area (Å²) in [6.07, 6.45) is 6.79. The number of ether oxygens (including phenoxy) is 1. The number of aliphatic hydroxyl groups is 2. The van der Waals surface area contributed by atoms with Gasteiger partial charge in [0.25, 0.3) is 0 Å². The fourth-order valence-electron chi connectivity index (χ4n) is 3.02. The van der Waals surface area contributed by atoms with Gasteiger partial charge in [0.05, 0.1) is 24.9 Å². The van der Waals surface area contributed by atoms with Gasteiger partial charge in [-0.2, -0.15) is 0 Å². The third-order valence-corrected chi connectivity index (χ3v) is 5.49. The molecule has 1 aliphatic rings. The molecule has 4 nitrogen and oxygen atoms in total. The number of rotatable bonds is 8. The Morgan fingerprint density at radius 3 is 2.68 bits per heavy atom. The van der Waals surface area contributed by atoms with Gasteiger partial charge in [-0.05, 0) is 63.5 Å². The summed E-state index contributed by atoms with van der Waals surface area (Å²) >= 11 is 0. The topological polar surface area (TPSA) is 66.8 Å². The van der Waals surface area contributed by atoms with E-state index in [1.54, 1.807) is 12.2 Å². The summed E-state index contributed by atoms with van der Waals surface area (Å²) in [4.78, 5) is 12.3. The van der Waals surface area contributed by atoms with E-state index in [0.29, 0.717) is 18.9 Å². The Kier molecular flexibility index (Phi) is 9.04. The van der Waals surface area contributed by atoms with Crippen molar-refractivity contribution in [3.63, 3.8) is 0 Å². The van der Waals surface area contributed by atoms with Crippen molar-refractivity contribution in [2.24, 2.45) is 11.8 Å². The quantitative estimate of drug-likeness (QED) is 0.515. The molecule has 1 rings (SSSR count). The van der Waals surface area contributed by atoms with Crippen LogP contribution in [-0.2, 0) is 9.53 Å². The van der Waals surface area contributed by atoms with E-state index in [0.717, 1.165) is 36.8 Å². The molecule has 0 aromatic carbocycles. The Bertz CT molecular complexity index is 492. The highest BCUT2D eigenvalue weighted by Crippen LogP contribution is 2.31. The van der Waals surface area contributed by atoms with Gasteiger partial charge in [0.2, 0.25) is 0 Å².